The van der Waals surface area contributed by atoms with E-state index in [0.717, 1.165) is 42.5 Å². The van der Waals surface area contributed by atoms with Crippen LogP contribution in [-0.2, 0) is 11.2 Å². The fraction of sp³-hybridized carbons (Fsp3) is 0.458. The monoisotopic (exact) mass is 441 g/mol. The Hall–Kier alpha value is -3.03. The molecule has 8 heteroatoms. The van der Waals surface area contributed by atoms with Crippen molar-refractivity contribution in [1.82, 2.24) is 9.97 Å². The Kier molecular flexibility index (Phi) is 5.88. The van der Waals surface area contributed by atoms with Crippen LogP contribution in [0.15, 0.2) is 36.7 Å². The molecule has 0 radical (unpaired) electrons. The second kappa shape index (κ2) is 8.48. The van der Waals surface area contributed by atoms with E-state index in [0.29, 0.717) is 23.9 Å². The average molecular weight is 442 g/mol. The van der Waals surface area contributed by atoms with Crippen molar-refractivity contribution in [2.75, 3.05) is 28.7 Å². The van der Waals surface area contributed by atoms with Crippen LogP contribution in [-0.4, -0.2) is 41.3 Å². The number of Topliss-reactive ketones (excluding diaryl/α,β-unsaturated/α-hetero) is 1. The lowest BCUT2D eigenvalue weighted by molar-refractivity contribution is -0.116. The summed E-state index contributed by atoms with van der Waals surface area (Å²) < 4.78 is 29.9. The number of rotatable bonds is 5. The molecule has 2 heterocycles. The summed E-state index contributed by atoms with van der Waals surface area (Å²) in [6.07, 6.45) is 5.77. The van der Waals surface area contributed by atoms with Gasteiger partial charge < -0.3 is 15.1 Å². The fourth-order valence-electron chi connectivity index (χ4n) is 4.53. The molecule has 1 saturated carbocycles. The number of aromatic nitrogens is 2. The maximum absolute atomic E-state index is 14.9. The molecule has 2 aromatic rings. The van der Waals surface area contributed by atoms with Crippen molar-refractivity contribution in [1.29, 1.82) is 0 Å². The smallest absolute Gasteiger partial charge is 0.304 e. The summed E-state index contributed by atoms with van der Waals surface area (Å²) in [6, 6.07) is 5.74. The number of anilines is 4. The maximum Gasteiger partial charge on any atom is 0.304 e. The van der Waals surface area contributed by atoms with Crippen molar-refractivity contribution < 1.29 is 13.6 Å². The van der Waals surface area contributed by atoms with Crippen molar-refractivity contribution in [2.24, 2.45) is 0 Å². The van der Waals surface area contributed by atoms with Crippen molar-refractivity contribution in [3.63, 3.8) is 0 Å². The summed E-state index contributed by atoms with van der Waals surface area (Å²) in [4.78, 5) is 23.6. The van der Waals surface area contributed by atoms with Gasteiger partial charge in [-0.15, -0.1) is 0 Å². The zero-order chi connectivity index (χ0) is 23.0. The van der Waals surface area contributed by atoms with Crippen LogP contribution < -0.4 is 15.1 Å². The van der Waals surface area contributed by atoms with Gasteiger partial charge in [-0.3, -0.25) is 4.79 Å². The minimum Gasteiger partial charge on any atom is -0.345 e. The first-order valence-corrected chi connectivity index (χ1v) is 11.0. The molecule has 0 bridgehead atoms. The highest BCUT2D eigenvalue weighted by Crippen LogP contribution is 2.42. The molecule has 1 aromatic heterocycles. The van der Waals surface area contributed by atoms with Crippen LogP contribution in [0.4, 0.5) is 31.9 Å². The van der Waals surface area contributed by atoms with Crippen LogP contribution >= 0.6 is 0 Å². The topological polar surface area (TPSA) is 61.4 Å². The molecule has 1 fully saturated rings. The van der Waals surface area contributed by atoms with Crippen molar-refractivity contribution in [3.8, 4) is 0 Å². The van der Waals surface area contributed by atoms with E-state index in [9.17, 15) is 13.6 Å². The van der Waals surface area contributed by atoms with Gasteiger partial charge in [0.25, 0.3) is 0 Å². The van der Waals surface area contributed by atoms with E-state index in [1.165, 1.54) is 4.90 Å². The Labute approximate surface area is 187 Å². The van der Waals surface area contributed by atoms with E-state index in [-0.39, 0.29) is 17.5 Å². The second-order valence-corrected chi connectivity index (χ2v) is 8.82. The highest BCUT2D eigenvalue weighted by molar-refractivity contribution is 5.79. The van der Waals surface area contributed by atoms with E-state index in [2.05, 4.69) is 21.9 Å². The fourth-order valence-corrected chi connectivity index (χ4v) is 4.53. The Morgan fingerprint density at radius 2 is 2.03 bits per heavy atom. The van der Waals surface area contributed by atoms with Crippen molar-refractivity contribution in [3.05, 3.63) is 47.8 Å². The molecule has 6 nitrogen and oxygen atoms in total. The number of benzene rings is 1. The average Bonchev–Trinajstić information content (AvgIpc) is 3.25. The molecule has 1 aliphatic heterocycles. The molecule has 1 aromatic carbocycles. The molecule has 1 aliphatic carbocycles. The number of nitrogens with zero attached hydrogens (tertiary/aromatic N) is 4. The van der Waals surface area contributed by atoms with Crippen LogP contribution in [0.25, 0.3) is 0 Å². The number of carbonyl (C=O) groups is 1. The number of nitrogens with one attached hydrogen (secondary N) is 1. The van der Waals surface area contributed by atoms with E-state index >= 15 is 0 Å². The third kappa shape index (κ3) is 4.31. The predicted molar refractivity (Wildman–Crippen MR) is 123 cm³/mol. The number of fused-ring (bicyclic) bond motifs is 1. The number of carbonyl (C=O) groups excluding carboxylic acids is 1. The van der Waals surface area contributed by atoms with Gasteiger partial charge in [-0.25, -0.2) is 4.98 Å². The normalized spacial score (nSPS) is 18.5. The number of alkyl halides is 2. The largest absolute Gasteiger partial charge is 0.345 e. The van der Waals surface area contributed by atoms with Crippen molar-refractivity contribution >= 4 is 28.9 Å². The predicted octanol–water partition coefficient (Wildman–Crippen LogP) is 5.01. The summed E-state index contributed by atoms with van der Waals surface area (Å²) in [6.45, 7) is 6.73. The van der Waals surface area contributed by atoms with Gasteiger partial charge in [0, 0.05) is 25.2 Å². The van der Waals surface area contributed by atoms with Crippen LogP contribution in [0.3, 0.4) is 0 Å². The molecule has 4 rings (SSSR count). The first-order chi connectivity index (χ1) is 15.2. The molecule has 2 aliphatic rings. The van der Waals surface area contributed by atoms with Crippen LogP contribution in [0.1, 0.15) is 43.7 Å². The van der Waals surface area contributed by atoms with Crippen LogP contribution in [0.2, 0.25) is 0 Å². The van der Waals surface area contributed by atoms with Crippen LogP contribution in [0.5, 0.6) is 0 Å². The zero-order valence-electron chi connectivity index (χ0n) is 18.8. The lowest BCUT2D eigenvalue weighted by atomic mass is 10.0. The summed E-state index contributed by atoms with van der Waals surface area (Å²) in [5.74, 6) is -2.11. The molecule has 32 heavy (non-hydrogen) atoms. The summed E-state index contributed by atoms with van der Waals surface area (Å²) >= 11 is 0. The van der Waals surface area contributed by atoms with E-state index in [1.54, 1.807) is 25.1 Å². The van der Waals surface area contributed by atoms with Gasteiger partial charge in [0.15, 0.2) is 5.82 Å². The Morgan fingerprint density at radius 1 is 1.31 bits per heavy atom. The molecule has 0 amide bonds. The highest BCUT2D eigenvalue weighted by Gasteiger charge is 2.44. The van der Waals surface area contributed by atoms with Crippen molar-refractivity contribution in [2.45, 2.75) is 57.9 Å². The number of halogens is 2. The van der Waals surface area contributed by atoms with Gasteiger partial charge in [0.1, 0.15) is 11.5 Å². The lowest BCUT2D eigenvalue weighted by Crippen LogP contribution is -2.43. The molecular formula is C24H29F2N5O. The second-order valence-electron chi connectivity index (χ2n) is 8.82. The maximum atomic E-state index is 14.9. The van der Waals surface area contributed by atoms with E-state index in [4.69, 9.17) is 0 Å². The Balaban J connectivity index is 1.68. The van der Waals surface area contributed by atoms with Gasteiger partial charge in [-0.1, -0.05) is 25.5 Å². The molecular weight excluding hydrogens is 412 g/mol. The summed E-state index contributed by atoms with van der Waals surface area (Å²) in [7, 11) is 1.58. The molecule has 170 valence electrons. The molecule has 0 spiro atoms. The molecule has 0 saturated heterocycles. The summed E-state index contributed by atoms with van der Waals surface area (Å²) in [5.41, 5.74) is 3.01. The lowest BCUT2D eigenvalue weighted by Gasteiger charge is -2.31. The third-order valence-corrected chi connectivity index (χ3v) is 6.38. The van der Waals surface area contributed by atoms with Gasteiger partial charge in [0.05, 0.1) is 18.4 Å². The highest BCUT2D eigenvalue weighted by atomic mass is 19.3. The third-order valence-electron chi connectivity index (χ3n) is 6.38. The minimum atomic E-state index is -3.06. The van der Waals surface area contributed by atoms with Gasteiger partial charge in [-0.2, -0.15) is 13.8 Å². The summed E-state index contributed by atoms with van der Waals surface area (Å²) in [5, 5.41) is 3.19. The SMILES string of the molecule is C=C1N(C)c2cnc(Nc3ccc(CC(C)=O)c(C)c3)nc2N(C2CCCC2)CC1(F)F. The van der Waals surface area contributed by atoms with Gasteiger partial charge >= 0.3 is 5.92 Å². The Morgan fingerprint density at radius 3 is 2.69 bits per heavy atom. The van der Waals surface area contributed by atoms with Gasteiger partial charge in [0.2, 0.25) is 5.95 Å². The minimum absolute atomic E-state index is 0.0229. The van der Waals surface area contributed by atoms with E-state index in [1.807, 2.05) is 25.1 Å². The number of hydrogen-bond donors (Lipinski definition) is 1. The number of hydrogen-bond acceptors (Lipinski definition) is 6. The molecule has 0 unspecified atom stereocenters. The quantitative estimate of drug-likeness (QED) is 0.704. The zero-order valence-corrected chi connectivity index (χ0v) is 18.8. The first-order valence-electron chi connectivity index (χ1n) is 11.0. The standard InChI is InChI=1S/C24H29F2N5O/c1-15-11-19(10-9-18(15)12-16(2)32)28-23-27-13-21-22(29-23)31(20-7-5-6-8-20)14-24(25,26)17(3)30(21)4/h9-11,13,20H,3,5-8,12,14H2,1-2,4H3,(H,27,28,29). The first kappa shape index (κ1) is 22.2. The Bertz CT molecular complexity index is 1050. The van der Waals surface area contributed by atoms with Gasteiger partial charge in [-0.05, 0) is 49.9 Å². The number of ketones is 1. The molecule has 1 N–H and O–H groups in total. The van der Waals surface area contributed by atoms with E-state index < -0.39 is 12.5 Å². The van der Waals surface area contributed by atoms with Crippen LogP contribution in [0, 0.1) is 6.92 Å². The number of aryl methyl sites for hydroxylation is 1. The molecule has 0 atom stereocenters.